The highest BCUT2D eigenvalue weighted by atomic mass is 15.3. The van der Waals surface area contributed by atoms with Gasteiger partial charge in [-0.1, -0.05) is 6.92 Å². The molecule has 19 heavy (non-hydrogen) atoms. The van der Waals surface area contributed by atoms with E-state index in [1.165, 1.54) is 12.8 Å². The molecule has 2 heterocycles. The van der Waals surface area contributed by atoms with Crippen molar-refractivity contribution in [3.05, 3.63) is 18.0 Å². The van der Waals surface area contributed by atoms with E-state index in [-0.39, 0.29) is 0 Å². The third kappa shape index (κ3) is 3.88. The zero-order chi connectivity index (χ0) is 13.7. The number of piperidine rings is 1. The zero-order valence-corrected chi connectivity index (χ0v) is 12.3. The van der Waals surface area contributed by atoms with E-state index in [9.17, 15) is 0 Å². The molecule has 1 aliphatic rings. The molecule has 0 spiro atoms. The van der Waals surface area contributed by atoms with E-state index < -0.39 is 0 Å². The fourth-order valence-corrected chi connectivity index (χ4v) is 2.44. The topological polar surface area (TPSA) is 44.3 Å². The molecular formula is C14H25N5. The highest BCUT2D eigenvalue weighted by molar-refractivity contribution is 5.30. The van der Waals surface area contributed by atoms with E-state index in [0.29, 0.717) is 6.04 Å². The molecule has 0 aliphatic carbocycles. The van der Waals surface area contributed by atoms with Gasteiger partial charge in [-0.2, -0.15) is 0 Å². The molecule has 1 saturated heterocycles. The van der Waals surface area contributed by atoms with Crippen LogP contribution >= 0.6 is 0 Å². The minimum atomic E-state index is 0.566. The van der Waals surface area contributed by atoms with Crippen molar-refractivity contribution in [1.82, 2.24) is 20.2 Å². The summed E-state index contributed by atoms with van der Waals surface area (Å²) < 4.78 is 0. The summed E-state index contributed by atoms with van der Waals surface area (Å²) in [5, 5.41) is 3.28. The maximum atomic E-state index is 4.49. The van der Waals surface area contributed by atoms with Crippen molar-refractivity contribution in [3.8, 4) is 0 Å². The summed E-state index contributed by atoms with van der Waals surface area (Å²) in [7, 11) is 4.29. The second-order valence-electron chi connectivity index (χ2n) is 5.32. The van der Waals surface area contributed by atoms with Gasteiger partial charge in [0.1, 0.15) is 0 Å². The average molecular weight is 263 g/mol. The number of nitrogens with zero attached hydrogens (tertiary/aromatic N) is 4. The molecule has 1 aromatic heterocycles. The monoisotopic (exact) mass is 263 g/mol. The van der Waals surface area contributed by atoms with Gasteiger partial charge >= 0.3 is 0 Å². The van der Waals surface area contributed by atoms with Gasteiger partial charge in [0.25, 0.3) is 0 Å². The molecule has 1 aromatic rings. The third-order valence-corrected chi connectivity index (χ3v) is 3.82. The third-order valence-electron chi connectivity index (χ3n) is 3.82. The Morgan fingerprint density at radius 2 is 1.95 bits per heavy atom. The van der Waals surface area contributed by atoms with E-state index >= 15 is 0 Å². The van der Waals surface area contributed by atoms with Crippen LogP contribution in [0.15, 0.2) is 12.4 Å². The molecule has 5 nitrogen and oxygen atoms in total. The average Bonchev–Trinajstić information content (AvgIpc) is 2.46. The van der Waals surface area contributed by atoms with Gasteiger partial charge in [-0.05, 0) is 39.5 Å². The second kappa shape index (κ2) is 6.82. The number of rotatable bonds is 5. The first-order valence-corrected chi connectivity index (χ1v) is 7.13. The fourth-order valence-electron chi connectivity index (χ4n) is 2.44. The number of likely N-dealkylation sites (tertiary alicyclic amines) is 1. The van der Waals surface area contributed by atoms with Crippen LogP contribution in [0.2, 0.25) is 0 Å². The highest BCUT2D eigenvalue weighted by Gasteiger charge is 2.21. The lowest BCUT2D eigenvalue weighted by Gasteiger charge is -2.35. The number of hydrogen-bond donors (Lipinski definition) is 1. The van der Waals surface area contributed by atoms with Crippen LogP contribution in [-0.2, 0) is 6.54 Å². The molecule has 0 aromatic carbocycles. The van der Waals surface area contributed by atoms with Gasteiger partial charge in [-0.25, -0.2) is 9.97 Å². The minimum Gasteiger partial charge on any atom is -0.341 e. The van der Waals surface area contributed by atoms with Gasteiger partial charge in [0.05, 0.1) is 0 Å². The molecule has 0 radical (unpaired) electrons. The van der Waals surface area contributed by atoms with Crippen molar-refractivity contribution >= 4 is 5.95 Å². The molecular weight excluding hydrogens is 238 g/mol. The Morgan fingerprint density at radius 1 is 1.32 bits per heavy atom. The van der Waals surface area contributed by atoms with Crippen molar-refractivity contribution in [1.29, 1.82) is 0 Å². The fraction of sp³-hybridized carbons (Fsp3) is 0.714. The van der Waals surface area contributed by atoms with Crippen molar-refractivity contribution in [3.63, 3.8) is 0 Å². The Bertz CT molecular complexity index is 370. The Morgan fingerprint density at radius 3 is 2.53 bits per heavy atom. The van der Waals surface area contributed by atoms with E-state index in [2.05, 4.69) is 46.1 Å². The normalized spacial score (nSPS) is 17.6. The highest BCUT2D eigenvalue weighted by Crippen LogP contribution is 2.18. The van der Waals surface area contributed by atoms with E-state index in [4.69, 9.17) is 0 Å². The first-order valence-electron chi connectivity index (χ1n) is 7.13. The number of anilines is 1. The lowest BCUT2D eigenvalue weighted by molar-refractivity contribution is 0.252. The smallest absolute Gasteiger partial charge is 0.225 e. The Labute approximate surface area is 116 Å². The Kier molecular flexibility index (Phi) is 5.10. The molecule has 1 fully saturated rings. The van der Waals surface area contributed by atoms with Gasteiger partial charge in [0.2, 0.25) is 5.95 Å². The van der Waals surface area contributed by atoms with Gasteiger partial charge < -0.3 is 15.1 Å². The van der Waals surface area contributed by atoms with Crippen LogP contribution in [0, 0.1) is 0 Å². The van der Waals surface area contributed by atoms with Gasteiger partial charge in [0, 0.05) is 37.6 Å². The summed E-state index contributed by atoms with van der Waals surface area (Å²) in [5.41, 5.74) is 1.14. The molecule has 0 saturated carbocycles. The molecule has 106 valence electrons. The first kappa shape index (κ1) is 14.2. The van der Waals surface area contributed by atoms with Crippen LogP contribution < -0.4 is 10.2 Å². The zero-order valence-electron chi connectivity index (χ0n) is 12.3. The molecule has 0 atom stereocenters. The minimum absolute atomic E-state index is 0.566. The maximum absolute atomic E-state index is 4.49. The van der Waals surface area contributed by atoms with Crippen LogP contribution in [0.25, 0.3) is 0 Å². The lowest BCUT2D eigenvalue weighted by Crippen LogP contribution is -2.42. The van der Waals surface area contributed by atoms with E-state index in [1.807, 2.05) is 12.4 Å². The van der Waals surface area contributed by atoms with Crippen LogP contribution in [0.1, 0.15) is 25.3 Å². The second-order valence-corrected chi connectivity index (χ2v) is 5.32. The quantitative estimate of drug-likeness (QED) is 0.862. The standard InChI is InChI=1S/C14H25N5/c1-4-15-9-12-10-16-14(17-11-12)19(3)13-5-7-18(2)8-6-13/h10-11,13,15H,4-9H2,1-3H3. The molecule has 1 aliphatic heterocycles. The molecule has 0 amide bonds. The number of aromatic nitrogens is 2. The summed E-state index contributed by atoms with van der Waals surface area (Å²) in [5.74, 6) is 0.842. The summed E-state index contributed by atoms with van der Waals surface area (Å²) in [6.45, 7) is 6.23. The predicted octanol–water partition coefficient (Wildman–Crippen LogP) is 1.12. The molecule has 2 rings (SSSR count). The van der Waals surface area contributed by atoms with Gasteiger partial charge in [-0.3, -0.25) is 0 Å². The Balaban J connectivity index is 1.93. The summed E-state index contributed by atoms with van der Waals surface area (Å²) >= 11 is 0. The molecule has 0 bridgehead atoms. The van der Waals surface area contributed by atoms with Crippen LogP contribution in [0.5, 0.6) is 0 Å². The van der Waals surface area contributed by atoms with Gasteiger partial charge in [-0.15, -0.1) is 0 Å². The van der Waals surface area contributed by atoms with Crippen molar-refractivity contribution < 1.29 is 0 Å². The molecule has 1 N–H and O–H groups in total. The Hall–Kier alpha value is -1.20. The van der Waals surface area contributed by atoms with Crippen molar-refractivity contribution in [2.75, 3.05) is 38.6 Å². The lowest BCUT2D eigenvalue weighted by atomic mass is 10.0. The van der Waals surface area contributed by atoms with Crippen LogP contribution in [-0.4, -0.2) is 54.6 Å². The van der Waals surface area contributed by atoms with Gasteiger partial charge in [0.15, 0.2) is 0 Å². The maximum Gasteiger partial charge on any atom is 0.225 e. The number of hydrogen-bond acceptors (Lipinski definition) is 5. The summed E-state index contributed by atoms with van der Waals surface area (Å²) in [6, 6.07) is 0.566. The first-order chi connectivity index (χ1) is 9.20. The van der Waals surface area contributed by atoms with Crippen LogP contribution in [0.4, 0.5) is 5.95 Å². The van der Waals surface area contributed by atoms with Crippen molar-refractivity contribution in [2.45, 2.75) is 32.4 Å². The summed E-state index contributed by atoms with van der Waals surface area (Å²) in [6.07, 6.45) is 6.23. The number of nitrogens with one attached hydrogen (secondary N) is 1. The van der Waals surface area contributed by atoms with E-state index in [1.54, 1.807) is 0 Å². The van der Waals surface area contributed by atoms with Crippen LogP contribution in [0.3, 0.4) is 0 Å². The summed E-state index contributed by atoms with van der Waals surface area (Å²) in [4.78, 5) is 13.6. The molecule has 5 heteroatoms. The predicted molar refractivity (Wildman–Crippen MR) is 78.3 cm³/mol. The van der Waals surface area contributed by atoms with Crippen molar-refractivity contribution in [2.24, 2.45) is 0 Å². The van der Waals surface area contributed by atoms with E-state index in [0.717, 1.165) is 37.7 Å². The largest absolute Gasteiger partial charge is 0.341 e. The molecule has 0 unspecified atom stereocenters. The SMILES string of the molecule is CCNCc1cnc(N(C)C2CCN(C)CC2)nc1.